The average molecular weight is 752 g/mol. The van der Waals surface area contributed by atoms with Gasteiger partial charge < -0.3 is 19.5 Å². The van der Waals surface area contributed by atoms with Crippen LogP contribution in [0.3, 0.4) is 0 Å². The number of nitrogens with zero attached hydrogens (tertiary/aromatic N) is 4. The van der Waals surface area contributed by atoms with Gasteiger partial charge in [0.2, 0.25) is 11.8 Å². The Morgan fingerprint density at radius 2 is 1.76 bits per heavy atom. The molecule has 12 nitrogen and oxygen atoms in total. The minimum absolute atomic E-state index is 0.119. The number of aryl methyl sites for hydroxylation is 1. The van der Waals surface area contributed by atoms with Crippen molar-refractivity contribution in [2.75, 3.05) is 36.4 Å². The maximum Gasteiger partial charge on any atom is 0.573 e. The molecular weight excluding hydrogens is 710 g/mol. The Labute approximate surface area is 307 Å². The lowest BCUT2D eigenvalue weighted by atomic mass is 9.84. The summed E-state index contributed by atoms with van der Waals surface area (Å²) < 4.78 is 61.6. The van der Waals surface area contributed by atoms with Gasteiger partial charge in [-0.05, 0) is 80.9 Å². The molecule has 0 radical (unpaired) electrons. The van der Waals surface area contributed by atoms with Gasteiger partial charge in [0.05, 0.1) is 11.9 Å². The summed E-state index contributed by atoms with van der Waals surface area (Å²) in [5, 5.41) is 12.4. The van der Waals surface area contributed by atoms with E-state index in [4.69, 9.17) is 0 Å². The number of ether oxygens (including phenoxy) is 1. The number of amides is 2. The van der Waals surface area contributed by atoms with Crippen molar-refractivity contribution >= 4 is 39.9 Å². The Morgan fingerprint density at radius 1 is 1.00 bits per heavy atom. The molecule has 286 valence electrons. The van der Waals surface area contributed by atoms with Gasteiger partial charge in [-0.15, -0.1) is 13.2 Å². The van der Waals surface area contributed by atoms with Crippen LogP contribution in [-0.2, 0) is 28.0 Å². The van der Waals surface area contributed by atoms with Crippen molar-refractivity contribution in [3.8, 4) is 16.9 Å². The molecule has 7 rings (SSSR count). The Bertz CT molecular complexity index is 2120. The van der Waals surface area contributed by atoms with E-state index in [0.29, 0.717) is 85.3 Å². The Hall–Kier alpha value is -5.25. The highest BCUT2D eigenvalue weighted by molar-refractivity contribution is 6.01. The van der Waals surface area contributed by atoms with Crippen molar-refractivity contribution in [1.82, 2.24) is 25.0 Å². The van der Waals surface area contributed by atoms with Crippen LogP contribution in [0.1, 0.15) is 50.5 Å². The lowest BCUT2D eigenvalue weighted by molar-refractivity contribution is -0.275. The average Bonchev–Trinajstić information content (AvgIpc) is 3.63. The number of aromatic amines is 1. The zero-order valence-electron chi connectivity index (χ0n) is 29.7. The molecule has 0 saturated carbocycles. The van der Waals surface area contributed by atoms with E-state index in [2.05, 4.69) is 30.5 Å². The van der Waals surface area contributed by atoms with Gasteiger partial charge in [-0.3, -0.25) is 34.5 Å². The lowest BCUT2D eigenvalue weighted by Gasteiger charge is -2.35. The van der Waals surface area contributed by atoms with Gasteiger partial charge >= 0.3 is 6.36 Å². The highest BCUT2D eigenvalue weighted by atomic mass is 19.4. The van der Waals surface area contributed by atoms with Crippen LogP contribution in [0.4, 0.5) is 28.9 Å². The zero-order valence-corrected chi connectivity index (χ0v) is 29.7. The molecule has 3 aliphatic heterocycles. The van der Waals surface area contributed by atoms with Crippen molar-refractivity contribution in [2.24, 2.45) is 18.9 Å². The van der Waals surface area contributed by atoms with E-state index in [-0.39, 0.29) is 53.3 Å². The number of hydrogen-bond acceptors (Lipinski definition) is 9. The number of benzene rings is 2. The molecule has 0 spiro atoms. The summed E-state index contributed by atoms with van der Waals surface area (Å²) in [6.45, 7) is 2.54. The second-order valence-corrected chi connectivity index (χ2v) is 14.5. The van der Waals surface area contributed by atoms with E-state index in [1.807, 2.05) is 4.90 Å². The maximum atomic E-state index is 15.2. The van der Waals surface area contributed by atoms with Crippen molar-refractivity contribution in [3.05, 3.63) is 70.5 Å². The van der Waals surface area contributed by atoms with Gasteiger partial charge in [-0.2, -0.15) is 5.10 Å². The molecule has 16 heteroatoms. The monoisotopic (exact) mass is 751 g/mol. The molecule has 4 aromatic rings. The van der Waals surface area contributed by atoms with Gasteiger partial charge in [0.25, 0.3) is 5.56 Å². The number of anilines is 2. The molecule has 3 N–H and O–H groups in total. The van der Waals surface area contributed by atoms with E-state index in [9.17, 15) is 32.3 Å². The molecule has 2 aromatic carbocycles. The molecule has 3 aliphatic rings. The number of halogens is 4. The standard InChI is InChI=1S/C38H41F4N7O5/c1-47-21-28(27-19-43-46-35(27)37(47)53)24-2-3-25(33(17-24)54-38(40,41)42)20-48-12-8-22(9-13-48)16-32(50)23-10-14-49(15-11-23)31-6-4-26(18-29(31)39)44-30-5-7-34(51)45-36(30)52/h2-4,6,17-19,21-23,30,44H,5,7-16,20H2,1H3,(H,43,46)(H,45,51,52). The summed E-state index contributed by atoms with van der Waals surface area (Å²) in [7, 11) is 1.56. The van der Waals surface area contributed by atoms with E-state index in [1.54, 1.807) is 37.5 Å². The Morgan fingerprint density at radius 3 is 2.46 bits per heavy atom. The molecule has 5 heterocycles. The van der Waals surface area contributed by atoms with Crippen molar-refractivity contribution < 1.29 is 36.7 Å². The van der Waals surface area contributed by atoms with Gasteiger partial charge in [-0.25, -0.2) is 4.39 Å². The van der Waals surface area contributed by atoms with Gasteiger partial charge in [0.1, 0.15) is 28.9 Å². The number of likely N-dealkylation sites (tertiary alicyclic amines) is 1. The number of hydrogen-bond donors (Lipinski definition) is 3. The predicted molar refractivity (Wildman–Crippen MR) is 192 cm³/mol. The van der Waals surface area contributed by atoms with Gasteiger partial charge in [-0.1, -0.05) is 12.1 Å². The molecule has 2 amide bonds. The minimum atomic E-state index is -4.90. The first-order valence-corrected chi connectivity index (χ1v) is 18.1. The fraction of sp³-hybridized carbons (Fsp3) is 0.447. The quantitative estimate of drug-likeness (QED) is 0.146. The van der Waals surface area contributed by atoms with Crippen molar-refractivity contribution in [2.45, 2.75) is 63.9 Å². The molecule has 0 bridgehead atoms. The molecule has 3 fully saturated rings. The number of Topliss-reactive ketones (excluding diaryl/α,β-unsaturated/α-hetero) is 1. The highest BCUT2D eigenvalue weighted by Gasteiger charge is 2.34. The second kappa shape index (κ2) is 15.2. The fourth-order valence-electron chi connectivity index (χ4n) is 7.82. The fourth-order valence-corrected chi connectivity index (χ4v) is 7.82. The summed E-state index contributed by atoms with van der Waals surface area (Å²) >= 11 is 0. The number of ketones is 1. The van der Waals surface area contributed by atoms with Crippen molar-refractivity contribution in [1.29, 1.82) is 0 Å². The third-order valence-corrected chi connectivity index (χ3v) is 10.8. The molecule has 54 heavy (non-hydrogen) atoms. The predicted octanol–water partition coefficient (Wildman–Crippen LogP) is 5.27. The number of H-pyrrole nitrogens is 1. The van der Waals surface area contributed by atoms with Gasteiger partial charge in [0.15, 0.2) is 0 Å². The topological polar surface area (TPSA) is 142 Å². The molecule has 3 saturated heterocycles. The van der Waals surface area contributed by atoms with Crippen LogP contribution in [0.25, 0.3) is 22.0 Å². The van der Waals surface area contributed by atoms with E-state index < -0.39 is 24.1 Å². The van der Waals surface area contributed by atoms with E-state index in [0.717, 1.165) is 12.8 Å². The number of carbonyl (C=O) groups is 3. The molecule has 1 unspecified atom stereocenters. The van der Waals surface area contributed by atoms with Crippen LogP contribution < -0.4 is 25.8 Å². The minimum Gasteiger partial charge on any atom is -0.405 e. The first kappa shape index (κ1) is 37.1. The van der Waals surface area contributed by atoms with Crippen molar-refractivity contribution in [3.63, 3.8) is 0 Å². The summed E-state index contributed by atoms with van der Waals surface area (Å²) in [5.41, 5.74) is 2.20. The normalized spacial score (nSPS) is 19.3. The van der Waals surface area contributed by atoms with Crippen LogP contribution in [0.5, 0.6) is 5.75 Å². The van der Waals surface area contributed by atoms with Crippen LogP contribution in [-0.4, -0.2) is 75.8 Å². The van der Waals surface area contributed by atoms with Crippen LogP contribution in [0.15, 0.2) is 53.6 Å². The first-order chi connectivity index (χ1) is 25.8. The third-order valence-electron chi connectivity index (χ3n) is 10.8. The first-order valence-electron chi connectivity index (χ1n) is 18.1. The summed E-state index contributed by atoms with van der Waals surface area (Å²) in [5.74, 6) is -1.25. The maximum absolute atomic E-state index is 15.2. The van der Waals surface area contributed by atoms with E-state index in [1.165, 1.54) is 22.9 Å². The highest BCUT2D eigenvalue weighted by Crippen LogP contribution is 2.36. The SMILES string of the molecule is Cn1cc(-c2ccc(CN3CCC(CC(=O)C4CCN(c5ccc(NC6CCC(=O)NC6=O)cc5F)CC4)CC3)c(OC(F)(F)F)c2)c2cn[nH]c2c1=O. The molecule has 0 aliphatic carbocycles. The Balaban J connectivity index is 0.910. The Kier molecular flexibility index (Phi) is 10.5. The number of aromatic nitrogens is 3. The van der Waals surface area contributed by atoms with Crippen LogP contribution >= 0.6 is 0 Å². The number of pyridine rings is 1. The third kappa shape index (κ3) is 8.27. The molecule has 1 atom stereocenters. The summed E-state index contributed by atoms with van der Waals surface area (Å²) in [4.78, 5) is 53.3. The largest absolute Gasteiger partial charge is 0.573 e. The second-order valence-electron chi connectivity index (χ2n) is 14.5. The van der Waals surface area contributed by atoms with E-state index >= 15 is 4.39 Å². The zero-order chi connectivity index (χ0) is 38.1. The number of imide groups is 1. The number of carbonyl (C=O) groups excluding carboxylic acids is 3. The number of fused-ring (bicyclic) bond motifs is 1. The lowest BCUT2D eigenvalue weighted by Crippen LogP contribution is -2.47. The smallest absolute Gasteiger partial charge is 0.405 e. The molecule has 2 aromatic heterocycles. The number of piperidine rings is 3. The van der Waals surface area contributed by atoms with Crippen LogP contribution in [0, 0.1) is 17.7 Å². The van der Waals surface area contributed by atoms with Crippen LogP contribution in [0.2, 0.25) is 0 Å². The number of alkyl halides is 3. The van der Waals surface area contributed by atoms with Gasteiger partial charge in [0, 0.05) is 73.8 Å². The summed E-state index contributed by atoms with van der Waals surface area (Å²) in [6.07, 6.45) is 1.81. The molecular formula is C38H41F4N7O5. The summed E-state index contributed by atoms with van der Waals surface area (Å²) in [6, 6.07) is 8.78. The number of nitrogens with one attached hydrogen (secondary N) is 3. The number of rotatable bonds is 10.